The Morgan fingerprint density at radius 2 is 2.15 bits per heavy atom. The third-order valence-corrected chi connectivity index (χ3v) is 5.00. The summed E-state index contributed by atoms with van der Waals surface area (Å²) < 4.78 is 0. The molecule has 1 aromatic carbocycles. The number of anilines is 1. The Kier molecular flexibility index (Phi) is 3.49. The number of rotatable bonds is 3. The van der Waals surface area contributed by atoms with E-state index in [2.05, 4.69) is 24.4 Å². The number of nitrogens with zero attached hydrogens (tertiary/aromatic N) is 1. The molecule has 104 valence electrons. The zero-order valence-electron chi connectivity index (χ0n) is 11.7. The average molecular weight is 286 g/mol. The van der Waals surface area contributed by atoms with Crippen LogP contribution >= 0.6 is 11.3 Å². The van der Waals surface area contributed by atoms with Gasteiger partial charge in [-0.2, -0.15) is 0 Å². The van der Waals surface area contributed by atoms with E-state index in [1.54, 1.807) is 11.3 Å². The fourth-order valence-corrected chi connectivity index (χ4v) is 3.43. The molecule has 1 aliphatic heterocycles. The molecule has 2 aromatic rings. The van der Waals surface area contributed by atoms with Crippen molar-refractivity contribution in [2.75, 3.05) is 12.4 Å². The second-order valence-electron chi connectivity index (χ2n) is 5.20. The second-order valence-corrected chi connectivity index (χ2v) is 6.18. The maximum Gasteiger partial charge on any atom is 0.245 e. The number of thiophene rings is 1. The van der Waals surface area contributed by atoms with Crippen LogP contribution in [0.25, 0.3) is 0 Å². The Labute approximate surface area is 123 Å². The minimum atomic E-state index is -0.139. The summed E-state index contributed by atoms with van der Waals surface area (Å²) in [5, 5.41) is 5.38. The average Bonchev–Trinajstić information content (AvgIpc) is 3.13. The Morgan fingerprint density at radius 1 is 1.35 bits per heavy atom. The van der Waals surface area contributed by atoms with Crippen molar-refractivity contribution in [3.05, 3.63) is 52.2 Å². The van der Waals surface area contributed by atoms with Crippen molar-refractivity contribution < 1.29 is 4.79 Å². The number of likely N-dealkylation sites (N-methyl/N-ethyl adjacent to an activating group) is 1. The van der Waals surface area contributed by atoms with Crippen molar-refractivity contribution in [1.29, 1.82) is 0 Å². The van der Waals surface area contributed by atoms with Gasteiger partial charge >= 0.3 is 0 Å². The summed E-state index contributed by atoms with van der Waals surface area (Å²) in [5.74, 6) is 0.155. The largest absolute Gasteiger partial charge is 0.373 e. The van der Waals surface area contributed by atoms with Gasteiger partial charge in [-0.15, -0.1) is 11.3 Å². The van der Waals surface area contributed by atoms with Crippen LogP contribution in [0.1, 0.15) is 23.4 Å². The molecule has 0 spiro atoms. The Balaban J connectivity index is 1.71. The minimum absolute atomic E-state index is 0.119. The number of para-hydroxylation sites is 1. The van der Waals surface area contributed by atoms with Crippen LogP contribution in [0.4, 0.5) is 5.69 Å². The van der Waals surface area contributed by atoms with Crippen LogP contribution in [0.5, 0.6) is 0 Å². The maximum atomic E-state index is 12.6. The highest BCUT2D eigenvalue weighted by Gasteiger charge is 2.30. The van der Waals surface area contributed by atoms with Gasteiger partial charge in [0.25, 0.3) is 0 Å². The topological polar surface area (TPSA) is 32.3 Å². The molecule has 1 amide bonds. The van der Waals surface area contributed by atoms with Crippen LogP contribution in [-0.4, -0.2) is 23.9 Å². The number of carbonyl (C=O) groups is 1. The summed E-state index contributed by atoms with van der Waals surface area (Å²) >= 11 is 1.69. The van der Waals surface area contributed by atoms with Gasteiger partial charge in [0.1, 0.15) is 6.04 Å². The number of hydrogen-bond acceptors (Lipinski definition) is 3. The van der Waals surface area contributed by atoms with Crippen molar-refractivity contribution in [1.82, 2.24) is 4.90 Å². The van der Waals surface area contributed by atoms with Crippen molar-refractivity contribution in [3.63, 3.8) is 0 Å². The molecule has 0 saturated heterocycles. The first-order valence-electron chi connectivity index (χ1n) is 6.81. The first-order valence-corrected chi connectivity index (χ1v) is 7.69. The molecule has 20 heavy (non-hydrogen) atoms. The molecule has 3 rings (SSSR count). The molecule has 1 aromatic heterocycles. The molecule has 3 nitrogen and oxygen atoms in total. The lowest BCUT2D eigenvalue weighted by Crippen LogP contribution is -2.40. The highest BCUT2D eigenvalue weighted by atomic mass is 32.1. The van der Waals surface area contributed by atoms with Crippen LogP contribution in [0.15, 0.2) is 41.8 Å². The van der Waals surface area contributed by atoms with E-state index in [-0.39, 0.29) is 18.0 Å². The highest BCUT2D eigenvalue weighted by molar-refractivity contribution is 7.10. The van der Waals surface area contributed by atoms with Gasteiger partial charge in [-0.25, -0.2) is 0 Å². The van der Waals surface area contributed by atoms with E-state index >= 15 is 0 Å². The maximum absolute atomic E-state index is 12.6. The van der Waals surface area contributed by atoms with Crippen molar-refractivity contribution >= 4 is 22.9 Å². The second kappa shape index (κ2) is 5.29. The Morgan fingerprint density at radius 3 is 2.85 bits per heavy atom. The fourth-order valence-electron chi connectivity index (χ4n) is 2.60. The SMILES string of the molecule is CC(c1cccs1)N(C)C(=O)[C@@H]1Cc2ccccc2N1. The molecule has 1 N–H and O–H groups in total. The summed E-state index contributed by atoms with van der Waals surface area (Å²) in [6, 6.07) is 12.2. The number of hydrogen-bond donors (Lipinski definition) is 1. The van der Waals surface area contributed by atoms with Gasteiger partial charge in [-0.05, 0) is 30.0 Å². The van der Waals surface area contributed by atoms with Crippen LogP contribution in [-0.2, 0) is 11.2 Å². The van der Waals surface area contributed by atoms with Crippen LogP contribution < -0.4 is 5.32 Å². The van der Waals surface area contributed by atoms with Crippen LogP contribution in [0, 0.1) is 0 Å². The fraction of sp³-hybridized carbons (Fsp3) is 0.312. The lowest BCUT2D eigenvalue weighted by Gasteiger charge is -2.27. The van der Waals surface area contributed by atoms with Gasteiger partial charge in [0, 0.05) is 24.0 Å². The van der Waals surface area contributed by atoms with Gasteiger partial charge in [-0.3, -0.25) is 4.79 Å². The first kappa shape index (κ1) is 13.2. The third kappa shape index (κ3) is 2.31. The summed E-state index contributed by atoms with van der Waals surface area (Å²) in [5.41, 5.74) is 2.31. The lowest BCUT2D eigenvalue weighted by atomic mass is 10.1. The normalized spacial score (nSPS) is 18.2. The van der Waals surface area contributed by atoms with Gasteiger partial charge < -0.3 is 10.2 Å². The summed E-state index contributed by atoms with van der Waals surface area (Å²) in [6.45, 7) is 2.08. The van der Waals surface area contributed by atoms with Crippen molar-refractivity contribution in [2.24, 2.45) is 0 Å². The molecule has 0 aliphatic carbocycles. The zero-order valence-corrected chi connectivity index (χ0v) is 12.5. The number of carbonyl (C=O) groups excluding carboxylic acids is 1. The smallest absolute Gasteiger partial charge is 0.245 e. The van der Waals surface area contributed by atoms with E-state index in [0.717, 1.165) is 12.1 Å². The van der Waals surface area contributed by atoms with E-state index in [9.17, 15) is 4.79 Å². The molecule has 0 fully saturated rings. The van der Waals surface area contributed by atoms with Crippen molar-refractivity contribution in [3.8, 4) is 0 Å². The Hall–Kier alpha value is -1.81. The standard InChI is InChI=1S/C16H18N2OS/c1-11(15-8-5-9-20-15)18(2)16(19)14-10-12-6-3-4-7-13(12)17-14/h3-9,11,14,17H,10H2,1-2H3/t11?,14-/m0/s1. The predicted molar refractivity (Wildman–Crippen MR) is 83.1 cm³/mol. The number of fused-ring (bicyclic) bond motifs is 1. The van der Waals surface area contributed by atoms with Crippen molar-refractivity contribution in [2.45, 2.75) is 25.4 Å². The molecular weight excluding hydrogens is 268 g/mol. The van der Waals surface area contributed by atoms with Gasteiger partial charge in [0.2, 0.25) is 5.91 Å². The van der Waals surface area contributed by atoms with Gasteiger partial charge in [0.05, 0.1) is 6.04 Å². The molecule has 1 unspecified atom stereocenters. The minimum Gasteiger partial charge on any atom is -0.373 e. The zero-order chi connectivity index (χ0) is 14.1. The molecule has 2 atom stereocenters. The molecule has 2 heterocycles. The van der Waals surface area contributed by atoms with Gasteiger partial charge in [-0.1, -0.05) is 24.3 Å². The quantitative estimate of drug-likeness (QED) is 0.939. The molecule has 0 radical (unpaired) electrons. The Bertz CT molecular complexity index is 580. The highest BCUT2D eigenvalue weighted by Crippen LogP contribution is 2.29. The van der Waals surface area contributed by atoms with E-state index in [1.807, 2.05) is 41.6 Å². The monoisotopic (exact) mass is 286 g/mol. The van der Waals surface area contributed by atoms with Crippen LogP contribution in [0.2, 0.25) is 0 Å². The van der Waals surface area contributed by atoms with E-state index in [4.69, 9.17) is 0 Å². The third-order valence-electron chi connectivity index (χ3n) is 3.95. The van der Waals surface area contributed by atoms with E-state index in [0.29, 0.717) is 0 Å². The van der Waals surface area contributed by atoms with Gasteiger partial charge in [0.15, 0.2) is 0 Å². The molecular formula is C16H18N2OS. The van der Waals surface area contributed by atoms with E-state index < -0.39 is 0 Å². The molecule has 4 heteroatoms. The predicted octanol–water partition coefficient (Wildman–Crippen LogP) is 3.30. The summed E-state index contributed by atoms with van der Waals surface area (Å²) in [6.07, 6.45) is 0.774. The molecule has 1 aliphatic rings. The first-order chi connectivity index (χ1) is 9.66. The number of nitrogens with one attached hydrogen (secondary N) is 1. The van der Waals surface area contributed by atoms with Crippen LogP contribution in [0.3, 0.4) is 0 Å². The lowest BCUT2D eigenvalue weighted by molar-refractivity contribution is -0.132. The molecule has 0 saturated carbocycles. The molecule has 0 bridgehead atoms. The number of benzene rings is 1. The summed E-state index contributed by atoms with van der Waals surface area (Å²) in [7, 11) is 1.89. The van der Waals surface area contributed by atoms with E-state index in [1.165, 1.54) is 10.4 Å². The number of amides is 1. The summed E-state index contributed by atoms with van der Waals surface area (Å²) in [4.78, 5) is 15.7.